The number of nitrogens with one attached hydrogen (secondary N) is 1. The van der Waals surface area contributed by atoms with Crippen LogP contribution in [-0.4, -0.2) is 44.5 Å². The van der Waals surface area contributed by atoms with Gasteiger partial charge in [-0.1, -0.05) is 0 Å². The molecule has 0 aliphatic heterocycles. The number of carbonyl (C=O) groups is 1. The third kappa shape index (κ3) is 4.52. The monoisotopic (exact) mass is 419 g/mol. The molecule has 7 nitrogen and oxygen atoms in total. The maximum atomic E-state index is 12.5. The molecule has 3 aromatic rings. The first-order chi connectivity index (χ1) is 14.3. The molecule has 1 fully saturated rings. The van der Waals surface area contributed by atoms with Crippen LogP contribution in [0, 0.1) is 6.92 Å². The largest absolute Gasteiger partial charge is 0.468 e. The van der Waals surface area contributed by atoms with Crippen molar-refractivity contribution in [3.8, 4) is 5.88 Å². The summed E-state index contributed by atoms with van der Waals surface area (Å²) in [5.41, 5.74) is 2.21. The van der Waals surface area contributed by atoms with Crippen molar-refractivity contribution in [2.24, 2.45) is 0 Å². The molecule has 1 amide bonds. The zero-order chi connectivity index (χ0) is 21.3. The summed E-state index contributed by atoms with van der Waals surface area (Å²) in [5.74, 6) is -0.269. The van der Waals surface area contributed by atoms with Gasteiger partial charge in [0.25, 0.3) is 5.91 Å². The minimum Gasteiger partial charge on any atom is -0.468 e. The quantitative estimate of drug-likeness (QED) is 0.662. The van der Waals surface area contributed by atoms with Crippen molar-refractivity contribution in [1.29, 1.82) is 0 Å². The Balaban J connectivity index is 1.50. The lowest BCUT2D eigenvalue weighted by Gasteiger charge is -2.26. The van der Waals surface area contributed by atoms with Crippen LogP contribution in [0.5, 0.6) is 5.88 Å². The Morgan fingerprint density at radius 3 is 2.80 bits per heavy atom. The Bertz CT molecular complexity index is 1080. The van der Waals surface area contributed by atoms with Gasteiger partial charge in [0.1, 0.15) is 5.69 Å². The van der Waals surface area contributed by atoms with Crippen LogP contribution < -0.4 is 10.1 Å². The van der Waals surface area contributed by atoms with Gasteiger partial charge >= 0.3 is 6.18 Å². The molecule has 1 saturated carbocycles. The highest BCUT2D eigenvalue weighted by Crippen LogP contribution is 2.22. The Kier molecular flexibility index (Phi) is 5.31. The summed E-state index contributed by atoms with van der Waals surface area (Å²) in [6.07, 6.45) is 3.40. The second-order valence-electron chi connectivity index (χ2n) is 7.39. The first-order valence-corrected chi connectivity index (χ1v) is 9.56. The maximum Gasteiger partial charge on any atom is 0.422 e. The summed E-state index contributed by atoms with van der Waals surface area (Å²) < 4.78 is 43.4. The van der Waals surface area contributed by atoms with Crippen LogP contribution in [0.25, 0.3) is 10.9 Å². The fourth-order valence-corrected chi connectivity index (χ4v) is 3.26. The number of rotatable bonds is 6. The van der Waals surface area contributed by atoms with Crippen LogP contribution in [0.15, 0.2) is 30.7 Å². The molecule has 158 valence electrons. The van der Waals surface area contributed by atoms with Gasteiger partial charge in [-0.15, -0.1) is 0 Å². The SMILES string of the molecule is Cc1cc(Cn2cc3c(C(=O)NC4CCC4)nccc3n2)cnc1OCC(F)(F)F. The summed E-state index contributed by atoms with van der Waals surface area (Å²) in [7, 11) is 0. The number of fused-ring (bicyclic) bond motifs is 1. The van der Waals surface area contributed by atoms with Crippen LogP contribution in [0.3, 0.4) is 0 Å². The van der Waals surface area contributed by atoms with Crippen molar-refractivity contribution >= 4 is 16.8 Å². The van der Waals surface area contributed by atoms with Gasteiger partial charge in [0.15, 0.2) is 6.61 Å². The number of aromatic nitrogens is 4. The highest BCUT2D eigenvalue weighted by Gasteiger charge is 2.29. The van der Waals surface area contributed by atoms with E-state index in [2.05, 4.69) is 20.4 Å². The molecule has 0 atom stereocenters. The summed E-state index contributed by atoms with van der Waals surface area (Å²) in [4.78, 5) is 20.7. The van der Waals surface area contributed by atoms with Crippen LogP contribution >= 0.6 is 0 Å². The molecular formula is C20H20F3N5O2. The van der Waals surface area contributed by atoms with Gasteiger partial charge < -0.3 is 10.1 Å². The van der Waals surface area contributed by atoms with Crippen molar-refractivity contribution in [2.75, 3.05) is 6.61 Å². The molecule has 0 spiro atoms. The van der Waals surface area contributed by atoms with E-state index in [1.54, 1.807) is 36.1 Å². The number of amides is 1. The number of hydrogen-bond donors (Lipinski definition) is 1. The lowest BCUT2D eigenvalue weighted by atomic mass is 9.93. The van der Waals surface area contributed by atoms with E-state index < -0.39 is 12.8 Å². The zero-order valence-corrected chi connectivity index (χ0v) is 16.2. The summed E-state index contributed by atoms with van der Waals surface area (Å²) in [6.45, 7) is 0.587. The van der Waals surface area contributed by atoms with Crippen molar-refractivity contribution in [3.05, 3.63) is 47.5 Å². The molecular weight excluding hydrogens is 399 g/mol. The van der Waals surface area contributed by atoms with E-state index in [1.165, 1.54) is 6.20 Å². The average molecular weight is 419 g/mol. The molecule has 0 bridgehead atoms. The van der Waals surface area contributed by atoms with Crippen LogP contribution in [0.4, 0.5) is 13.2 Å². The van der Waals surface area contributed by atoms with Crippen LogP contribution in [-0.2, 0) is 6.54 Å². The van der Waals surface area contributed by atoms with Gasteiger partial charge in [0.2, 0.25) is 5.88 Å². The predicted molar refractivity (Wildman–Crippen MR) is 102 cm³/mol. The van der Waals surface area contributed by atoms with Gasteiger partial charge in [0.05, 0.1) is 17.4 Å². The molecule has 10 heteroatoms. The van der Waals surface area contributed by atoms with Crippen LogP contribution in [0.1, 0.15) is 40.9 Å². The fraction of sp³-hybridized carbons (Fsp3) is 0.400. The molecule has 0 radical (unpaired) electrons. The van der Waals surface area contributed by atoms with Crippen molar-refractivity contribution in [1.82, 2.24) is 25.1 Å². The minimum atomic E-state index is -4.42. The van der Waals surface area contributed by atoms with E-state index >= 15 is 0 Å². The lowest BCUT2D eigenvalue weighted by molar-refractivity contribution is -0.154. The smallest absolute Gasteiger partial charge is 0.422 e. The van der Waals surface area contributed by atoms with Crippen LogP contribution in [0.2, 0.25) is 0 Å². The number of nitrogens with zero attached hydrogens (tertiary/aromatic N) is 4. The first-order valence-electron chi connectivity index (χ1n) is 9.56. The fourth-order valence-electron chi connectivity index (χ4n) is 3.26. The predicted octanol–water partition coefficient (Wildman–Crippen LogP) is 3.41. The second-order valence-corrected chi connectivity index (χ2v) is 7.39. The molecule has 30 heavy (non-hydrogen) atoms. The third-order valence-electron chi connectivity index (χ3n) is 4.94. The molecule has 0 saturated heterocycles. The molecule has 4 rings (SSSR count). The summed E-state index contributed by atoms with van der Waals surface area (Å²) >= 11 is 0. The van der Waals surface area contributed by atoms with Gasteiger partial charge in [0, 0.05) is 30.2 Å². The number of ether oxygens (including phenoxy) is 1. The van der Waals surface area contributed by atoms with Crippen molar-refractivity contribution in [3.63, 3.8) is 0 Å². The number of halogens is 3. The van der Waals surface area contributed by atoms with Gasteiger partial charge in [-0.2, -0.15) is 18.3 Å². The molecule has 3 heterocycles. The Morgan fingerprint density at radius 1 is 1.33 bits per heavy atom. The topological polar surface area (TPSA) is 81.9 Å². The zero-order valence-electron chi connectivity index (χ0n) is 16.2. The number of pyridine rings is 2. The number of aryl methyl sites for hydroxylation is 1. The normalized spacial score (nSPS) is 14.5. The molecule has 0 unspecified atom stereocenters. The second kappa shape index (κ2) is 7.92. The third-order valence-corrected chi connectivity index (χ3v) is 4.94. The van der Waals surface area contributed by atoms with E-state index in [1.807, 2.05) is 0 Å². The summed E-state index contributed by atoms with van der Waals surface area (Å²) in [6, 6.07) is 3.63. The van der Waals surface area contributed by atoms with Gasteiger partial charge in [-0.3, -0.25) is 14.5 Å². The van der Waals surface area contributed by atoms with E-state index in [9.17, 15) is 18.0 Å². The van der Waals surface area contributed by atoms with E-state index in [0.29, 0.717) is 28.7 Å². The lowest BCUT2D eigenvalue weighted by Crippen LogP contribution is -2.39. The molecule has 1 aliphatic rings. The highest BCUT2D eigenvalue weighted by atomic mass is 19.4. The minimum absolute atomic E-state index is 0.0548. The maximum absolute atomic E-state index is 12.5. The van der Waals surface area contributed by atoms with Gasteiger partial charge in [-0.25, -0.2) is 4.98 Å². The van der Waals surface area contributed by atoms with Crippen molar-refractivity contribution in [2.45, 2.75) is 44.9 Å². The van der Waals surface area contributed by atoms with E-state index in [4.69, 9.17) is 4.74 Å². The average Bonchev–Trinajstić information content (AvgIpc) is 3.05. The van der Waals surface area contributed by atoms with E-state index in [0.717, 1.165) is 24.8 Å². The number of alkyl halides is 3. The molecule has 3 aromatic heterocycles. The highest BCUT2D eigenvalue weighted by molar-refractivity contribution is 6.04. The van der Waals surface area contributed by atoms with Crippen molar-refractivity contribution < 1.29 is 22.7 Å². The first kappa shape index (κ1) is 20.1. The standard InChI is InChI=1S/C20H20F3N5O2/c1-12-7-13(8-25-19(12)30-11-20(21,22)23)9-28-10-15-16(27-28)5-6-24-17(15)18(29)26-14-3-2-4-14/h5-8,10,14H,2-4,9,11H2,1H3,(H,26,29). The summed E-state index contributed by atoms with van der Waals surface area (Å²) in [5, 5.41) is 8.09. The number of carbonyl (C=O) groups excluding carboxylic acids is 1. The van der Waals surface area contributed by atoms with Gasteiger partial charge in [-0.05, 0) is 43.9 Å². The molecule has 1 aliphatic carbocycles. The molecule has 1 N–H and O–H groups in total. The Morgan fingerprint density at radius 2 is 2.13 bits per heavy atom. The van der Waals surface area contributed by atoms with E-state index in [-0.39, 0.29) is 17.8 Å². The Hall–Kier alpha value is -3.17. The number of hydrogen-bond acceptors (Lipinski definition) is 5. The molecule has 0 aromatic carbocycles. The Labute approximate surface area is 170 Å².